The lowest BCUT2D eigenvalue weighted by Crippen LogP contribution is -2.40. The molecule has 2 aromatic rings. The molecule has 0 radical (unpaired) electrons. The smallest absolute Gasteiger partial charge is 0.0972 e. The van der Waals surface area contributed by atoms with E-state index in [0.717, 1.165) is 16.6 Å². The lowest BCUT2D eigenvalue weighted by atomic mass is 10.1. The molecule has 1 aromatic heterocycles. The number of hydrogen-bond acceptors (Lipinski definition) is 4. The van der Waals surface area contributed by atoms with E-state index in [0.29, 0.717) is 13.1 Å². The number of hydrogen-bond donors (Lipinski definition) is 3. The molecule has 0 aliphatic heterocycles. The summed E-state index contributed by atoms with van der Waals surface area (Å²) in [6.07, 6.45) is 0. The molecule has 0 saturated heterocycles. The van der Waals surface area contributed by atoms with Crippen LogP contribution in [0.1, 0.15) is 12.6 Å². The monoisotopic (exact) mass is 246 g/mol. The van der Waals surface area contributed by atoms with Crippen LogP contribution >= 0.6 is 0 Å². The summed E-state index contributed by atoms with van der Waals surface area (Å²) >= 11 is 0. The first-order valence-electron chi connectivity index (χ1n) is 5.99. The summed E-state index contributed by atoms with van der Waals surface area (Å²) < 4.78 is 0. The van der Waals surface area contributed by atoms with E-state index in [1.54, 1.807) is 6.92 Å². The summed E-state index contributed by atoms with van der Waals surface area (Å²) in [4.78, 5) is 4.51. The van der Waals surface area contributed by atoms with Crippen LogP contribution in [0.15, 0.2) is 36.4 Å². The van der Waals surface area contributed by atoms with Crippen LogP contribution in [0.25, 0.3) is 10.9 Å². The van der Waals surface area contributed by atoms with Gasteiger partial charge in [-0.05, 0) is 19.1 Å². The van der Waals surface area contributed by atoms with E-state index in [9.17, 15) is 5.11 Å². The quantitative estimate of drug-likeness (QED) is 0.738. The molecule has 0 aliphatic rings. The molecule has 0 saturated carbocycles. The number of benzene rings is 1. The highest BCUT2D eigenvalue weighted by Crippen LogP contribution is 2.11. The Kier molecular flexibility index (Phi) is 3.91. The first-order valence-corrected chi connectivity index (χ1v) is 5.99. The minimum atomic E-state index is -1.09. The average molecular weight is 246 g/mol. The Balaban J connectivity index is 2.00. The van der Waals surface area contributed by atoms with Gasteiger partial charge < -0.3 is 15.5 Å². The highest BCUT2D eigenvalue weighted by atomic mass is 16.3. The van der Waals surface area contributed by atoms with Gasteiger partial charge >= 0.3 is 0 Å². The molecule has 2 rings (SSSR count). The van der Waals surface area contributed by atoms with Crippen molar-refractivity contribution in [2.24, 2.45) is 0 Å². The zero-order valence-electron chi connectivity index (χ0n) is 10.4. The van der Waals surface area contributed by atoms with Gasteiger partial charge in [-0.2, -0.15) is 0 Å². The van der Waals surface area contributed by atoms with Gasteiger partial charge in [-0.3, -0.25) is 4.98 Å². The van der Waals surface area contributed by atoms with Crippen LogP contribution in [0.2, 0.25) is 0 Å². The molecule has 4 nitrogen and oxygen atoms in total. The third-order valence-corrected chi connectivity index (χ3v) is 2.81. The number of nitrogens with zero attached hydrogens (tertiary/aromatic N) is 1. The normalized spacial score (nSPS) is 14.6. The summed E-state index contributed by atoms with van der Waals surface area (Å²) in [5, 5.41) is 22.8. The second kappa shape index (κ2) is 5.44. The molecule has 0 aliphatic carbocycles. The predicted molar refractivity (Wildman–Crippen MR) is 71.2 cm³/mol. The Bertz CT molecular complexity index is 526. The Morgan fingerprint density at radius 1 is 1.22 bits per heavy atom. The number of para-hydroxylation sites is 1. The van der Waals surface area contributed by atoms with Crippen LogP contribution in [0.3, 0.4) is 0 Å². The van der Waals surface area contributed by atoms with Crippen LogP contribution in [0.4, 0.5) is 0 Å². The predicted octanol–water partition coefficient (Wildman–Crippen LogP) is 1.07. The Morgan fingerprint density at radius 2 is 2.00 bits per heavy atom. The molecule has 1 heterocycles. The van der Waals surface area contributed by atoms with Gasteiger partial charge in [0.1, 0.15) is 0 Å². The number of aliphatic hydroxyl groups excluding tert-OH is 1. The van der Waals surface area contributed by atoms with Crippen LogP contribution < -0.4 is 5.32 Å². The molecule has 0 spiro atoms. The van der Waals surface area contributed by atoms with Gasteiger partial charge in [0.2, 0.25) is 0 Å². The molecular weight excluding hydrogens is 228 g/mol. The van der Waals surface area contributed by atoms with Crippen molar-refractivity contribution in [3.63, 3.8) is 0 Å². The molecule has 0 amide bonds. The largest absolute Gasteiger partial charge is 0.393 e. The van der Waals surface area contributed by atoms with Crippen molar-refractivity contribution >= 4 is 10.9 Å². The number of fused-ring (bicyclic) bond motifs is 1. The van der Waals surface area contributed by atoms with Crippen molar-refractivity contribution in [2.75, 3.05) is 13.2 Å². The highest BCUT2D eigenvalue weighted by Gasteiger charge is 2.17. The number of aliphatic hydroxyl groups is 2. The minimum absolute atomic E-state index is 0.259. The van der Waals surface area contributed by atoms with Crippen molar-refractivity contribution in [3.8, 4) is 0 Å². The zero-order chi connectivity index (χ0) is 13.0. The van der Waals surface area contributed by atoms with Gasteiger partial charge in [-0.25, -0.2) is 0 Å². The fraction of sp³-hybridized carbons (Fsp3) is 0.357. The van der Waals surface area contributed by atoms with E-state index in [4.69, 9.17) is 5.11 Å². The van der Waals surface area contributed by atoms with E-state index in [1.165, 1.54) is 0 Å². The second-order valence-electron chi connectivity index (χ2n) is 4.75. The molecule has 0 bridgehead atoms. The molecule has 18 heavy (non-hydrogen) atoms. The fourth-order valence-corrected chi connectivity index (χ4v) is 1.72. The molecule has 4 heteroatoms. The van der Waals surface area contributed by atoms with Crippen molar-refractivity contribution in [2.45, 2.75) is 19.1 Å². The minimum Gasteiger partial charge on any atom is -0.393 e. The van der Waals surface area contributed by atoms with Crippen molar-refractivity contribution in [3.05, 3.63) is 42.1 Å². The van der Waals surface area contributed by atoms with Gasteiger partial charge in [0.05, 0.1) is 23.4 Å². The number of aromatic nitrogens is 1. The van der Waals surface area contributed by atoms with Gasteiger partial charge in [0.15, 0.2) is 0 Å². The van der Waals surface area contributed by atoms with Crippen LogP contribution in [0.5, 0.6) is 0 Å². The maximum Gasteiger partial charge on any atom is 0.0972 e. The van der Waals surface area contributed by atoms with Crippen LogP contribution in [0, 0.1) is 0 Å². The van der Waals surface area contributed by atoms with Crippen LogP contribution in [-0.4, -0.2) is 33.9 Å². The average Bonchev–Trinajstić information content (AvgIpc) is 2.38. The molecule has 1 unspecified atom stereocenters. The third kappa shape index (κ3) is 3.26. The maximum atomic E-state index is 9.64. The zero-order valence-corrected chi connectivity index (χ0v) is 10.4. The highest BCUT2D eigenvalue weighted by molar-refractivity contribution is 5.78. The topological polar surface area (TPSA) is 65.4 Å². The second-order valence-corrected chi connectivity index (χ2v) is 4.75. The molecule has 0 fully saturated rings. The van der Waals surface area contributed by atoms with E-state index < -0.39 is 5.60 Å². The lowest BCUT2D eigenvalue weighted by Gasteiger charge is -2.20. The molecule has 96 valence electrons. The fourth-order valence-electron chi connectivity index (χ4n) is 1.72. The summed E-state index contributed by atoms with van der Waals surface area (Å²) in [6.45, 7) is 2.23. The van der Waals surface area contributed by atoms with E-state index in [1.807, 2.05) is 36.4 Å². The number of pyridine rings is 1. The number of nitrogens with one attached hydrogen (secondary N) is 1. The molecular formula is C14H18N2O2. The van der Waals surface area contributed by atoms with Gasteiger partial charge in [0, 0.05) is 18.5 Å². The van der Waals surface area contributed by atoms with Crippen molar-refractivity contribution in [1.82, 2.24) is 10.3 Å². The Hall–Kier alpha value is -1.49. The molecule has 3 N–H and O–H groups in total. The Labute approximate surface area is 106 Å². The molecule has 1 aromatic carbocycles. The Morgan fingerprint density at radius 3 is 2.78 bits per heavy atom. The van der Waals surface area contributed by atoms with Gasteiger partial charge in [0.25, 0.3) is 0 Å². The lowest BCUT2D eigenvalue weighted by molar-refractivity contribution is 0.00249. The maximum absolute atomic E-state index is 9.64. The van der Waals surface area contributed by atoms with Gasteiger partial charge in [-0.1, -0.05) is 24.3 Å². The van der Waals surface area contributed by atoms with Crippen LogP contribution in [-0.2, 0) is 6.54 Å². The van der Waals surface area contributed by atoms with E-state index >= 15 is 0 Å². The first-order chi connectivity index (χ1) is 8.61. The molecule has 1 atom stereocenters. The van der Waals surface area contributed by atoms with E-state index in [2.05, 4.69) is 10.3 Å². The third-order valence-electron chi connectivity index (χ3n) is 2.81. The van der Waals surface area contributed by atoms with Crippen molar-refractivity contribution in [1.29, 1.82) is 0 Å². The van der Waals surface area contributed by atoms with Gasteiger partial charge in [-0.15, -0.1) is 0 Å². The first kappa shape index (κ1) is 13.0. The van der Waals surface area contributed by atoms with E-state index in [-0.39, 0.29) is 6.61 Å². The summed E-state index contributed by atoms with van der Waals surface area (Å²) in [7, 11) is 0. The number of rotatable bonds is 5. The standard InChI is InChI=1S/C14H18N2O2/c1-14(18,10-17)9-15-8-12-7-6-11-4-2-3-5-13(11)16-12/h2-7,15,17-18H,8-10H2,1H3. The SMILES string of the molecule is CC(O)(CO)CNCc1ccc2ccccc2n1. The van der Waals surface area contributed by atoms with Crippen molar-refractivity contribution < 1.29 is 10.2 Å². The summed E-state index contributed by atoms with van der Waals surface area (Å²) in [5.74, 6) is 0. The summed E-state index contributed by atoms with van der Waals surface area (Å²) in [6, 6.07) is 11.9. The summed E-state index contributed by atoms with van der Waals surface area (Å²) in [5.41, 5.74) is 0.796.